The van der Waals surface area contributed by atoms with Gasteiger partial charge in [0.05, 0.1) is 0 Å². The van der Waals surface area contributed by atoms with Crippen LogP contribution in [0.25, 0.3) is 0 Å². The largest absolute Gasteiger partial charge is 0.0645 e. The van der Waals surface area contributed by atoms with E-state index in [-0.39, 0.29) is 0 Å². The fraction of sp³-hybridized carbons (Fsp3) is 0.188. The van der Waals surface area contributed by atoms with Crippen molar-refractivity contribution in [1.29, 1.82) is 0 Å². The summed E-state index contributed by atoms with van der Waals surface area (Å²) in [5.41, 5.74) is 2.76. The fourth-order valence-electron chi connectivity index (χ4n) is 1.95. The van der Waals surface area contributed by atoms with Crippen LogP contribution in [0, 0.1) is 5.92 Å². The molecule has 0 aliphatic heterocycles. The molecule has 0 aliphatic carbocycles. The summed E-state index contributed by atoms with van der Waals surface area (Å²) < 4.78 is 0. The van der Waals surface area contributed by atoms with Crippen molar-refractivity contribution in [1.82, 2.24) is 0 Å². The SMILES string of the molecule is CC[C](Cc1ccccc1)c1ccccc1. The molecule has 81 valence electrons. The van der Waals surface area contributed by atoms with Gasteiger partial charge in [0, 0.05) is 5.92 Å². The number of hydrogen-bond donors (Lipinski definition) is 0. The van der Waals surface area contributed by atoms with E-state index in [0.29, 0.717) is 0 Å². The molecule has 1 radical (unpaired) electrons. The van der Waals surface area contributed by atoms with Crippen LogP contribution in [0.5, 0.6) is 0 Å². The summed E-state index contributed by atoms with van der Waals surface area (Å²) in [5.74, 6) is 1.51. The highest BCUT2D eigenvalue weighted by Gasteiger charge is 2.09. The van der Waals surface area contributed by atoms with Crippen LogP contribution in [0.3, 0.4) is 0 Å². The number of rotatable bonds is 4. The Bertz CT molecular complexity index is 403. The van der Waals surface area contributed by atoms with Gasteiger partial charge in [-0.2, -0.15) is 0 Å². The summed E-state index contributed by atoms with van der Waals surface area (Å²) in [4.78, 5) is 0. The Morgan fingerprint density at radius 1 is 0.812 bits per heavy atom. The number of hydrogen-bond acceptors (Lipinski definition) is 0. The standard InChI is InChI=1S/C16H17/c1-2-15(16-11-7-4-8-12-16)13-14-9-5-3-6-10-14/h3-12H,2,13H2,1H3. The first kappa shape index (κ1) is 10.9. The first-order valence-electron chi connectivity index (χ1n) is 5.84. The third-order valence-electron chi connectivity index (χ3n) is 2.87. The van der Waals surface area contributed by atoms with Crippen molar-refractivity contribution >= 4 is 0 Å². The molecule has 16 heavy (non-hydrogen) atoms. The Hall–Kier alpha value is -1.56. The average molecular weight is 209 g/mol. The topological polar surface area (TPSA) is 0 Å². The minimum absolute atomic E-state index is 1.06. The molecule has 0 heterocycles. The first-order chi connectivity index (χ1) is 7.90. The minimum atomic E-state index is 1.06. The summed E-state index contributed by atoms with van der Waals surface area (Å²) in [6.07, 6.45) is 2.17. The minimum Gasteiger partial charge on any atom is -0.0645 e. The van der Waals surface area contributed by atoms with Crippen molar-refractivity contribution in [3.8, 4) is 0 Å². The van der Waals surface area contributed by atoms with Crippen LogP contribution in [0.1, 0.15) is 24.5 Å². The molecule has 0 bridgehead atoms. The van der Waals surface area contributed by atoms with Crippen LogP contribution in [-0.4, -0.2) is 0 Å². The van der Waals surface area contributed by atoms with Gasteiger partial charge >= 0.3 is 0 Å². The molecule has 0 spiro atoms. The van der Waals surface area contributed by atoms with Crippen LogP contribution >= 0.6 is 0 Å². The second-order valence-corrected chi connectivity index (χ2v) is 3.99. The van der Waals surface area contributed by atoms with Crippen LogP contribution in [0.2, 0.25) is 0 Å². The molecule has 0 saturated carbocycles. The Labute approximate surface area is 97.9 Å². The second kappa shape index (κ2) is 5.50. The number of benzene rings is 2. The molecule has 0 aromatic heterocycles. The van der Waals surface area contributed by atoms with Crippen LogP contribution in [-0.2, 0) is 6.42 Å². The second-order valence-electron chi connectivity index (χ2n) is 3.99. The summed E-state index contributed by atoms with van der Waals surface area (Å²) in [6, 6.07) is 21.3. The summed E-state index contributed by atoms with van der Waals surface area (Å²) in [5, 5.41) is 0. The highest BCUT2D eigenvalue weighted by atomic mass is 14.1. The Morgan fingerprint density at radius 2 is 1.38 bits per heavy atom. The van der Waals surface area contributed by atoms with Gasteiger partial charge in [-0.25, -0.2) is 0 Å². The van der Waals surface area contributed by atoms with E-state index in [1.807, 2.05) is 0 Å². The van der Waals surface area contributed by atoms with Gasteiger partial charge in [0.1, 0.15) is 0 Å². The van der Waals surface area contributed by atoms with Gasteiger partial charge in [-0.05, 0) is 24.0 Å². The van der Waals surface area contributed by atoms with Crippen LogP contribution in [0.4, 0.5) is 0 Å². The van der Waals surface area contributed by atoms with Gasteiger partial charge in [0.25, 0.3) is 0 Å². The summed E-state index contributed by atoms with van der Waals surface area (Å²) in [7, 11) is 0. The van der Waals surface area contributed by atoms with E-state index in [0.717, 1.165) is 12.8 Å². The maximum atomic E-state index is 2.23. The molecular weight excluding hydrogens is 192 g/mol. The van der Waals surface area contributed by atoms with E-state index in [2.05, 4.69) is 67.6 Å². The van der Waals surface area contributed by atoms with Gasteiger partial charge in [0.15, 0.2) is 0 Å². The van der Waals surface area contributed by atoms with Crippen molar-refractivity contribution in [2.75, 3.05) is 0 Å². The predicted molar refractivity (Wildman–Crippen MR) is 69.2 cm³/mol. The molecule has 0 nitrogen and oxygen atoms in total. The summed E-state index contributed by atoms with van der Waals surface area (Å²) in [6.45, 7) is 2.23. The van der Waals surface area contributed by atoms with Gasteiger partial charge < -0.3 is 0 Å². The lowest BCUT2D eigenvalue weighted by Crippen LogP contribution is -2.02. The van der Waals surface area contributed by atoms with Crippen molar-refractivity contribution in [2.24, 2.45) is 0 Å². The molecule has 0 heteroatoms. The molecule has 2 rings (SSSR count). The smallest absolute Gasteiger partial charge is 0.00905 e. The average Bonchev–Trinajstić information content (AvgIpc) is 2.38. The molecule has 0 fully saturated rings. The third-order valence-corrected chi connectivity index (χ3v) is 2.87. The maximum absolute atomic E-state index is 2.23. The zero-order valence-corrected chi connectivity index (χ0v) is 9.69. The van der Waals surface area contributed by atoms with Gasteiger partial charge in [-0.3, -0.25) is 0 Å². The van der Waals surface area contributed by atoms with E-state index in [1.54, 1.807) is 0 Å². The molecular formula is C16H17. The molecule has 2 aromatic rings. The van der Waals surface area contributed by atoms with Crippen molar-refractivity contribution < 1.29 is 0 Å². The van der Waals surface area contributed by atoms with Crippen molar-refractivity contribution in [3.05, 3.63) is 77.7 Å². The molecule has 0 atom stereocenters. The highest BCUT2D eigenvalue weighted by molar-refractivity contribution is 5.34. The van der Waals surface area contributed by atoms with E-state index in [1.165, 1.54) is 17.0 Å². The molecule has 0 unspecified atom stereocenters. The quantitative estimate of drug-likeness (QED) is 0.705. The lowest BCUT2D eigenvalue weighted by atomic mass is 9.90. The maximum Gasteiger partial charge on any atom is 0.00905 e. The predicted octanol–water partition coefficient (Wildman–Crippen LogP) is 4.26. The Balaban J connectivity index is 2.13. The van der Waals surface area contributed by atoms with Crippen LogP contribution < -0.4 is 0 Å². The Kier molecular flexibility index (Phi) is 3.76. The van der Waals surface area contributed by atoms with E-state index in [9.17, 15) is 0 Å². The lowest BCUT2D eigenvalue weighted by molar-refractivity contribution is 0.873. The van der Waals surface area contributed by atoms with Crippen molar-refractivity contribution in [2.45, 2.75) is 19.8 Å². The van der Waals surface area contributed by atoms with Gasteiger partial charge in [0.2, 0.25) is 0 Å². The molecule has 0 aliphatic rings. The van der Waals surface area contributed by atoms with E-state index in [4.69, 9.17) is 0 Å². The Morgan fingerprint density at radius 3 is 1.94 bits per heavy atom. The molecule has 0 N–H and O–H groups in total. The first-order valence-corrected chi connectivity index (χ1v) is 5.84. The summed E-state index contributed by atoms with van der Waals surface area (Å²) >= 11 is 0. The zero-order valence-electron chi connectivity index (χ0n) is 9.69. The highest BCUT2D eigenvalue weighted by Crippen LogP contribution is 2.22. The third kappa shape index (κ3) is 2.73. The van der Waals surface area contributed by atoms with Gasteiger partial charge in [-0.1, -0.05) is 67.6 Å². The van der Waals surface area contributed by atoms with E-state index >= 15 is 0 Å². The molecule has 0 amide bonds. The lowest BCUT2D eigenvalue weighted by Gasteiger charge is -2.14. The normalized spacial score (nSPS) is 10.6. The monoisotopic (exact) mass is 209 g/mol. The molecule has 0 saturated heterocycles. The van der Waals surface area contributed by atoms with Crippen LogP contribution in [0.15, 0.2) is 60.7 Å². The van der Waals surface area contributed by atoms with Crippen molar-refractivity contribution in [3.63, 3.8) is 0 Å². The fourth-order valence-corrected chi connectivity index (χ4v) is 1.95. The molecule has 2 aromatic carbocycles. The zero-order chi connectivity index (χ0) is 11.2. The van der Waals surface area contributed by atoms with Gasteiger partial charge in [-0.15, -0.1) is 0 Å². The van der Waals surface area contributed by atoms with E-state index < -0.39 is 0 Å².